The van der Waals surface area contributed by atoms with E-state index in [0.29, 0.717) is 11.9 Å². The Kier molecular flexibility index (Phi) is 5.29. The quantitative estimate of drug-likeness (QED) is 0.659. The highest BCUT2D eigenvalue weighted by Crippen LogP contribution is 2.18. The molecule has 0 amide bonds. The fourth-order valence-corrected chi connectivity index (χ4v) is 3.58. The van der Waals surface area contributed by atoms with Crippen LogP contribution in [0.15, 0.2) is 56.6 Å². The first-order chi connectivity index (χ1) is 12.8. The second kappa shape index (κ2) is 7.49. The normalized spacial score (nSPS) is 12.0. The van der Waals surface area contributed by atoms with E-state index in [9.17, 15) is 22.0 Å². The van der Waals surface area contributed by atoms with Gasteiger partial charge in [-0.05, 0) is 36.2 Å². The van der Waals surface area contributed by atoms with Crippen molar-refractivity contribution >= 4 is 21.1 Å². The van der Waals surface area contributed by atoms with Crippen molar-refractivity contribution in [2.75, 3.05) is 6.54 Å². The molecule has 0 unspecified atom stereocenters. The van der Waals surface area contributed by atoms with Gasteiger partial charge < -0.3 is 9.15 Å². The van der Waals surface area contributed by atoms with Gasteiger partial charge in [0.15, 0.2) is 5.58 Å². The molecule has 27 heavy (non-hydrogen) atoms. The Morgan fingerprint density at radius 2 is 1.89 bits per heavy atom. The summed E-state index contributed by atoms with van der Waals surface area (Å²) in [5.41, 5.74) is 1.42. The number of aromatic nitrogens is 1. The third-order valence-corrected chi connectivity index (χ3v) is 5.39. The molecule has 7 nitrogen and oxygen atoms in total. The minimum absolute atomic E-state index is 0.0231. The summed E-state index contributed by atoms with van der Waals surface area (Å²) in [4.78, 5) is 11.5. The largest absolute Gasteiger partial charge is 0.435 e. The Morgan fingerprint density at radius 1 is 1.19 bits per heavy atom. The number of hydrogen-bond donors (Lipinski definition) is 1. The minimum Gasteiger partial charge on any atom is -0.435 e. The number of benzene rings is 2. The number of oxazole rings is 1. The van der Waals surface area contributed by atoms with Gasteiger partial charge in [0, 0.05) is 19.7 Å². The van der Waals surface area contributed by atoms with Crippen LogP contribution in [-0.4, -0.2) is 26.1 Å². The molecule has 1 aromatic heterocycles. The van der Waals surface area contributed by atoms with Crippen LogP contribution in [0.3, 0.4) is 0 Å². The summed E-state index contributed by atoms with van der Waals surface area (Å²) < 4.78 is 62.0. The monoisotopic (exact) mass is 398 g/mol. The van der Waals surface area contributed by atoms with E-state index in [-0.39, 0.29) is 22.8 Å². The second-order valence-electron chi connectivity index (χ2n) is 5.73. The van der Waals surface area contributed by atoms with Gasteiger partial charge in [-0.15, -0.1) is 0 Å². The van der Waals surface area contributed by atoms with Crippen molar-refractivity contribution in [1.29, 1.82) is 0 Å². The van der Waals surface area contributed by atoms with Gasteiger partial charge in [-0.3, -0.25) is 4.57 Å². The lowest BCUT2D eigenvalue weighted by Gasteiger charge is -2.08. The summed E-state index contributed by atoms with van der Waals surface area (Å²) >= 11 is 0. The van der Waals surface area contributed by atoms with E-state index in [1.165, 1.54) is 41.9 Å². The number of halogens is 2. The molecular formula is C17H16F2N2O5S. The molecule has 1 N–H and O–H groups in total. The number of fused-ring (bicyclic) bond motifs is 1. The first-order valence-electron chi connectivity index (χ1n) is 7.89. The van der Waals surface area contributed by atoms with Gasteiger partial charge in [-0.1, -0.05) is 12.1 Å². The number of aryl methyl sites for hydroxylation is 1. The predicted octanol–water partition coefficient (Wildman–Crippen LogP) is 2.25. The van der Waals surface area contributed by atoms with E-state index >= 15 is 0 Å². The van der Waals surface area contributed by atoms with Crippen LogP contribution >= 0.6 is 0 Å². The fourth-order valence-electron chi connectivity index (χ4n) is 2.53. The molecular weight excluding hydrogens is 382 g/mol. The van der Waals surface area contributed by atoms with Gasteiger partial charge in [0.25, 0.3) is 0 Å². The minimum atomic E-state index is -3.79. The highest BCUT2D eigenvalue weighted by atomic mass is 32.2. The van der Waals surface area contributed by atoms with Crippen LogP contribution in [0.25, 0.3) is 11.1 Å². The number of sulfonamides is 1. The third-order valence-electron chi connectivity index (χ3n) is 3.93. The van der Waals surface area contributed by atoms with E-state index < -0.39 is 22.4 Å². The van der Waals surface area contributed by atoms with Crippen molar-refractivity contribution in [2.45, 2.75) is 17.9 Å². The Morgan fingerprint density at radius 3 is 2.56 bits per heavy atom. The zero-order chi connectivity index (χ0) is 19.6. The van der Waals surface area contributed by atoms with Crippen molar-refractivity contribution < 1.29 is 26.4 Å². The van der Waals surface area contributed by atoms with Gasteiger partial charge in [0.1, 0.15) is 5.75 Å². The highest BCUT2D eigenvalue weighted by molar-refractivity contribution is 7.89. The smallest absolute Gasteiger partial charge is 0.419 e. The first-order valence-corrected chi connectivity index (χ1v) is 9.37. The summed E-state index contributed by atoms with van der Waals surface area (Å²) in [6.07, 6.45) is 0.358. The SMILES string of the molecule is Cn1c(=O)oc2cc(S(=O)(=O)NCCc3ccc(OC(F)F)cc3)ccc21. The zero-order valence-electron chi connectivity index (χ0n) is 14.2. The van der Waals surface area contributed by atoms with Crippen LogP contribution in [-0.2, 0) is 23.5 Å². The average Bonchev–Trinajstić information content (AvgIpc) is 2.90. The van der Waals surface area contributed by atoms with Crippen molar-refractivity contribution in [3.63, 3.8) is 0 Å². The van der Waals surface area contributed by atoms with E-state index in [4.69, 9.17) is 4.42 Å². The predicted molar refractivity (Wildman–Crippen MR) is 93.4 cm³/mol. The Bertz CT molecular complexity index is 1100. The van der Waals surface area contributed by atoms with Crippen molar-refractivity contribution in [3.05, 3.63) is 58.6 Å². The summed E-state index contributed by atoms with van der Waals surface area (Å²) in [6.45, 7) is -2.79. The van der Waals surface area contributed by atoms with E-state index in [2.05, 4.69) is 9.46 Å². The van der Waals surface area contributed by atoms with E-state index in [0.717, 1.165) is 5.56 Å². The van der Waals surface area contributed by atoms with Gasteiger partial charge >= 0.3 is 12.4 Å². The van der Waals surface area contributed by atoms with Crippen LogP contribution in [0.5, 0.6) is 5.75 Å². The third kappa shape index (κ3) is 4.34. The molecule has 0 aliphatic carbocycles. The Balaban J connectivity index is 1.65. The second-order valence-corrected chi connectivity index (χ2v) is 7.49. The molecule has 0 aliphatic heterocycles. The summed E-state index contributed by atoms with van der Waals surface area (Å²) in [5, 5.41) is 0. The zero-order valence-corrected chi connectivity index (χ0v) is 15.0. The van der Waals surface area contributed by atoms with Crippen LogP contribution in [0.4, 0.5) is 8.78 Å². The molecule has 0 bridgehead atoms. The molecule has 0 spiro atoms. The number of nitrogens with one attached hydrogen (secondary N) is 1. The molecule has 0 atom stereocenters. The molecule has 0 aliphatic rings. The number of nitrogens with zero attached hydrogens (tertiary/aromatic N) is 1. The number of ether oxygens (including phenoxy) is 1. The number of rotatable bonds is 7. The lowest BCUT2D eigenvalue weighted by atomic mass is 10.1. The number of alkyl halides is 2. The topological polar surface area (TPSA) is 90.5 Å². The average molecular weight is 398 g/mol. The molecule has 2 aromatic carbocycles. The molecule has 0 radical (unpaired) electrons. The van der Waals surface area contributed by atoms with Crippen LogP contribution in [0, 0.1) is 0 Å². The van der Waals surface area contributed by atoms with Gasteiger partial charge in [-0.25, -0.2) is 17.9 Å². The summed E-state index contributed by atoms with van der Waals surface area (Å²) in [5.74, 6) is -0.543. The lowest BCUT2D eigenvalue weighted by molar-refractivity contribution is -0.0498. The van der Waals surface area contributed by atoms with Crippen LogP contribution in [0.2, 0.25) is 0 Å². The van der Waals surface area contributed by atoms with E-state index in [1.807, 2.05) is 0 Å². The van der Waals surface area contributed by atoms with Crippen molar-refractivity contribution in [2.24, 2.45) is 7.05 Å². The summed E-state index contributed by atoms with van der Waals surface area (Å²) in [6, 6.07) is 10.1. The maximum Gasteiger partial charge on any atom is 0.419 e. The molecule has 3 aromatic rings. The number of hydrogen-bond acceptors (Lipinski definition) is 5. The Labute approximate surface area is 153 Å². The summed E-state index contributed by atoms with van der Waals surface area (Å²) in [7, 11) is -2.27. The highest BCUT2D eigenvalue weighted by Gasteiger charge is 2.16. The van der Waals surface area contributed by atoms with Crippen molar-refractivity contribution in [3.8, 4) is 5.75 Å². The molecule has 3 rings (SSSR count). The molecule has 144 valence electrons. The fraction of sp³-hybridized carbons (Fsp3) is 0.235. The molecule has 0 saturated heterocycles. The van der Waals surface area contributed by atoms with Gasteiger partial charge in [0.2, 0.25) is 10.0 Å². The maximum atomic E-state index is 12.4. The lowest BCUT2D eigenvalue weighted by Crippen LogP contribution is -2.26. The van der Waals surface area contributed by atoms with Crippen LogP contribution in [0.1, 0.15) is 5.56 Å². The first kappa shape index (κ1) is 19.1. The van der Waals surface area contributed by atoms with Gasteiger partial charge in [0.05, 0.1) is 10.4 Å². The van der Waals surface area contributed by atoms with Gasteiger partial charge in [-0.2, -0.15) is 8.78 Å². The maximum absolute atomic E-state index is 12.4. The Hall–Kier alpha value is -2.72. The molecule has 0 fully saturated rings. The van der Waals surface area contributed by atoms with E-state index in [1.54, 1.807) is 12.1 Å². The van der Waals surface area contributed by atoms with Crippen molar-refractivity contribution in [1.82, 2.24) is 9.29 Å². The molecule has 10 heteroatoms. The molecule has 0 saturated carbocycles. The molecule has 1 heterocycles. The van der Waals surface area contributed by atoms with Crippen LogP contribution < -0.4 is 15.2 Å². The standard InChI is InChI=1S/C17H16F2N2O5S/c1-21-14-7-6-13(10-15(14)26-17(21)22)27(23,24)20-9-8-11-2-4-12(5-3-11)25-16(18)19/h2-7,10,16,20H,8-9H2,1H3.